The average Bonchev–Trinajstić information content (AvgIpc) is 2.48. The summed E-state index contributed by atoms with van der Waals surface area (Å²) in [5, 5.41) is 0.0566. The van der Waals surface area contributed by atoms with Crippen LogP contribution in [0.1, 0.15) is 18.6 Å². The fourth-order valence-corrected chi connectivity index (χ4v) is 2.11. The molecular formula is C16H17ClFNO2. The number of hydrogen-bond acceptors (Lipinski definition) is 3. The summed E-state index contributed by atoms with van der Waals surface area (Å²) in [6.45, 7) is 1.83. The van der Waals surface area contributed by atoms with E-state index >= 15 is 0 Å². The molecule has 112 valence electrons. The standard InChI is InChI=1S/C16H17ClFNO2/c1-10(19)16(11-4-3-5-12(8-11)20-2)21-13-6-7-14(17)15(18)9-13/h3-10,16H,19H2,1-2H3. The van der Waals surface area contributed by atoms with Gasteiger partial charge in [0.25, 0.3) is 0 Å². The van der Waals surface area contributed by atoms with Gasteiger partial charge in [-0.15, -0.1) is 0 Å². The van der Waals surface area contributed by atoms with Crippen molar-refractivity contribution in [2.24, 2.45) is 5.73 Å². The number of hydrogen-bond donors (Lipinski definition) is 1. The monoisotopic (exact) mass is 309 g/mol. The van der Waals surface area contributed by atoms with Gasteiger partial charge in [-0.05, 0) is 36.8 Å². The Morgan fingerprint density at radius 1 is 1.14 bits per heavy atom. The van der Waals surface area contributed by atoms with Gasteiger partial charge in [0.1, 0.15) is 23.4 Å². The second-order valence-electron chi connectivity index (χ2n) is 4.75. The van der Waals surface area contributed by atoms with E-state index in [2.05, 4.69) is 0 Å². The highest BCUT2D eigenvalue weighted by Crippen LogP contribution is 2.28. The number of rotatable bonds is 5. The van der Waals surface area contributed by atoms with Gasteiger partial charge in [-0.25, -0.2) is 4.39 Å². The Labute approximate surface area is 128 Å². The smallest absolute Gasteiger partial charge is 0.145 e. The van der Waals surface area contributed by atoms with E-state index in [9.17, 15) is 4.39 Å². The van der Waals surface area contributed by atoms with Crippen molar-refractivity contribution in [3.8, 4) is 11.5 Å². The zero-order valence-electron chi connectivity index (χ0n) is 11.8. The quantitative estimate of drug-likeness (QED) is 0.909. The van der Waals surface area contributed by atoms with Crippen molar-refractivity contribution in [3.63, 3.8) is 0 Å². The molecule has 0 saturated heterocycles. The van der Waals surface area contributed by atoms with Crippen LogP contribution in [-0.4, -0.2) is 13.2 Å². The maximum absolute atomic E-state index is 13.5. The first-order valence-electron chi connectivity index (χ1n) is 6.52. The molecule has 2 aromatic carbocycles. The molecule has 0 aliphatic carbocycles. The molecule has 2 rings (SSSR count). The van der Waals surface area contributed by atoms with Crippen molar-refractivity contribution in [2.45, 2.75) is 19.1 Å². The molecule has 0 aromatic heterocycles. The molecule has 21 heavy (non-hydrogen) atoms. The third-order valence-electron chi connectivity index (χ3n) is 3.05. The molecule has 2 N–H and O–H groups in total. The lowest BCUT2D eigenvalue weighted by atomic mass is 10.0. The lowest BCUT2D eigenvalue weighted by molar-refractivity contribution is 0.179. The van der Waals surface area contributed by atoms with Crippen molar-refractivity contribution >= 4 is 11.6 Å². The number of methoxy groups -OCH3 is 1. The van der Waals surface area contributed by atoms with Crippen LogP contribution in [0.4, 0.5) is 4.39 Å². The zero-order valence-corrected chi connectivity index (χ0v) is 12.6. The van der Waals surface area contributed by atoms with Crippen molar-refractivity contribution in [3.05, 3.63) is 58.9 Å². The van der Waals surface area contributed by atoms with Gasteiger partial charge in [-0.2, -0.15) is 0 Å². The molecule has 0 aliphatic rings. The highest BCUT2D eigenvalue weighted by atomic mass is 35.5. The molecule has 3 nitrogen and oxygen atoms in total. The lowest BCUT2D eigenvalue weighted by Crippen LogP contribution is -2.29. The molecule has 2 atom stereocenters. The molecule has 0 amide bonds. The van der Waals surface area contributed by atoms with Crippen LogP contribution in [0.5, 0.6) is 11.5 Å². The zero-order chi connectivity index (χ0) is 15.4. The summed E-state index contributed by atoms with van der Waals surface area (Å²) in [7, 11) is 1.59. The van der Waals surface area contributed by atoms with Gasteiger partial charge < -0.3 is 15.2 Å². The summed E-state index contributed by atoms with van der Waals surface area (Å²) in [5.41, 5.74) is 6.85. The Kier molecular flexibility index (Phi) is 5.04. The van der Waals surface area contributed by atoms with Crippen molar-refractivity contribution in [2.75, 3.05) is 7.11 Å². The van der Waals surface area contributed by atoms with Crippen LogP contribution in [0.3, 0.4) is 0 Å². The summed E-state index contributed by atoms with van der Waals surface area (Å²) in [5.74, 6) is 0.564. The molecule has 5 heteroatoms. The number of nitrogens with two attached hydrogens (primary N) is 1. The maximum atomic E-state index is 13.5. The van der Waals surface area contributed by atoms with E-state index in [0.717, 1.165) is 5.56 Å². The van der Waals surface area contributed by atoms with E-state index in [1.807, 2.05) is 31.2 Å². The Morgan fingerprint density at radius 3 is 2.52 bits per heavy atom. The van der Waals surface area contributed by atoms with Crippen LogP contribution in [0, 0.1) is 5.82 Å². The third-order valence-corrected chi connectivity index (χ3v) is 3.36. The lowest BCUT2D eigenvalue weighted by Gasteiger charge is -2.23. The molecule has 0 saturated carbocycles. The van der Waals surface area contributed by atoms with Crippen molar-refractivity contribution in [1.82, 2.24) is 0 Å². The first kappa shape index (κ1) is 15.6. The second kappa shape index (κ2) is 6.78. The molecular weight excluding hydrogens is 293 g/mol. The largest absolute Gasteiger partial charge is 0.497 e. The minimum absolute atomic E-state index is 0.0566. The predicted molar refractivity (Wildman–Crippen MR) is 81.4 cm³/mol. The van der Waals surface area contributed by atoms with E-state index in [0.29, 0.717) is 11.5 Å². The molecule has 2 aromatic rings. The molecule has 0 spiro atoms. The maximum Gasteiger partial charge on any atom is 0.145 e. The number of halogens is 2. The Bertz CT molecular complexity index is 619. The van der Waals surface area contributed by atoms with E-state index in [1.165, 1.54) is 12.1 Å². The SMILES string of the molecule is COc1cccc(C(Oc2ccc(Cl)c(F)c2)C(C)N)c1. The molecule has 2 unspecified atom stereocenters. The summed E-state index contributed by atoms with van der Waals surface area (Å²) < 4.78 is 24.5. The number of benzene rings is 2. The van der Waals surface area contributed by atoms with Gasteiger partial charge >= 0.3 is 0 Å². The van der Waals surface area contributed by atoms with Crippen molar-refractivity contribution in [1.29, 1.82) is 0 Å². The van der Waals surface area contributed by atoms with Gasteiger partial charge in [0.2, 0.25) is 0 Å². The van der Waals surface area contributed by atoms with Crippen LogP contribution >= 0.6 is 11.6 Å². The fraction of sp³-hybridized carbons (Fsp3) is 0.250. The third kappa shape index (κ3) is 3.86. The van der Waals surface area contributed by atoms with Gasteiger partial charge in [-0.1, -0.05) is 23.7 Å². The summed E-state index contributed by atoms with van der Waals surface area (Å²) in [4.78, 5) is 0. The topological polar surface area (TPSA) is 44.5 Å². The normalized spacial score (nSPS) is 13.6. The Balaban J connectivity index is 2.28. The highest BCUT2D eigenvalue weighted by molar-refractivity contribution is 6.30. The predicted octanol–water partition coefficient (Wildman–Crippen LogP) is 3.96. The molecule has 0 heterocycles. The Hall–Kier alpha value is -1.78. The molecule has 0 radical (unpaired) electrons. The number of ether oxygens (including phenoxy) is 2. The summed E-state index contributed by atoms with van der Waals surface area (Å²) >= 11 is 5.66. The minimum atomic E-state index is -0.525. The van der Waals surface area contributed by atoms with E-state index in [4.69, 9.17) is 26.8 Å². The van der Waals surface area contributed by atoms with Crippen LogP contribution in [0.2, 0.25) is 5.02 Å². The van der Waals surface area contributed by atoms with Gasteiger partial charge in [-0.3, -0.25) is 0 Å². The molecule has 0 aliphatic heterocycles. The van der Waals surface area contributed by atoms with Crippen LogP contribution in [0.15, 0.2) is 42.5 Å². The summed E-state index contributed by atoms with van der Waals surface area (Å²) in [6.07, 6.45) is -0.416. The van der Waals surface area contributed by atoms with E-state index in [-0.39, 0.29) is 11.1 Å². The van der Waals surface area contributed by atoms with E-state index < -0.39 is 11.9 Å². The van der Waals surface area contributed by atoms with Crippen LogP contribution in [0.25, 0.3) is 0 Å². The van der Waals surface area contributed by atoms with Gasteiger partial charge in [0, 0.05) is 12.1 Å². The average molecular weight is 310 g/mol. The van der Waals surface area contributed by atoms with Crippen LogP contribution < -0.4 is 15.2 Å². The molecule has 0 fully saturated rings. The van der Waals surface area contributed by atoms with Gasteiger partial charge in [0.05, 0.1) is 12.1 Å². The first-order chi connectivity index (χ1) is 10.0. The fourth-order valence-electron chi connectivity index (χ4n) is 1.99. The highest BCUT2D eigenvalue weighted by Gasteiger charge is 2.19. The second-order valence-corrected chi connectivity index (χ2v) is 5.16. The van der Waals surface area contributed by atoms with E-state index in [1.54, 1.807) is 13.2 Å². The first-order valence-corrected chi connectivity index (χ1v) is 6.90. The minimum Gasteiger partial charge on any atom is -0.497 e. The van der Waals surface area contributed by atoms with Crippen molar-refractivity contribution < 1.29 is 13.9 Å². The van der Waals surface area contributed by atoms with Gasteiger partial charge in [0.15, 0.2) is 0 Å². The molecule has 0 bridgehead atoms. The Morgan fingerprint density at radius 2 is 1.90 bits per heavy atom. The van der Waals surface area contributed by atoms with Crippen LogP contribution in [-0.2, 0) is 0 Å². The summed E-state index contributed by atoms with van der Waals surface area (Å²) in [6, 6.07) is 11.5.